The Morgan fingerprint density at radius 1 is 1.26 bits per heavy atom. The van der Waals surface area contributed by atoms with Gasteiger partial charge >= 0.3 is 0 Å². The summed E-state index contributed by atoms with van der Waals surface area (Å²) in [5.74, 6) is 1.84. The maximum absolute atomic E-state index is 6.40. The lowest BCUT2D eigenvalue weighted by Crippen LogP contribution is -2.55. The Morgan fingerprint density at radius 2 is 2.15 bits per heavy atom. The fourth-order valence-electron chi connectivity index (χ4n) is 4.60. The third-order valence-corrected chi connectivity index (χ3v) is 6.93. The molecule has 140 valence electrons. The molecule has 2 N–H and O–H groups in total. The summed E-state index contributed by atoms with van der Waals surface area (Å²) < 4.78 is 12.4. The smallest absolute Gasteiger partial charge is 0.154 e. The van der Waals surface area contributed by atoms with Crippen LogP contribution in [0, 0.1) is 5.92 Å². The van der Waals surface area contributed by atoms with Gasteiger partial charge < -0.3 is 15.2 Å². The number of benzene rings is 1. The molecule has 0 saturated carbocycles. The minimum absolute atomic E-state index is 0.0589. The third-order valence-electron chi connectivity index (χ3n) is 5.75. The number of halogens is 1. The second kappa shape index (κ2) is 6.40. The van der Waals surface area contributed by atoms with Crippen molar-refractivity contribution in [3.8, 4) is 16.9 Å². The molecule has 2 aromatic rings. The lowest BCUT2D eigenvalue weighted by molar-refractivity contribution is -0.108. The second-order valence-electron chi connectivity index (χ2n) is 7.31. The van der Waals surface area contributed by atoms with E-state index in [0.717, 1.165) is 34.6 Å². The lowest BCUT2D eigenvalue weighted by Gasteiger charge is -2.49. The predicted octanol–water partition coefficient (Wildman–Crippen LogP) is 3.84. The number of aromatic nitrogens is 1. The van der Waals surface area contributed by atoms with Crippen LogP contribution in [0.1, 0.15) is 18.9 Å². The summed E-state index contributed by atoms with van der Waals surface area (Å²) in [6, 6.07) is 8.17. The van der Waals surface area contributed by atoms with Gasteiger partial charge in [-0.25, -0.2) is 4.99 Å². The number of ether oxygens (including phenoxy) is 2. The average Bonchev–Trinajstić information content (AvgIpc) is 3.04. The first-order valence-corrected chi connectivity index (χ1v) is 10.4. The SMILES string of the molecule is CC1OCC[C@H]2Oc3ccc(-c4cncc(Cl)c4)cc3[C@@]3(CSC(N)=N3)C12. The van der Waals surface area contributed by atoms with Crippen LogP contribution in [0.2, 0.25) is 5.02 Å². The molecular weight excluding hydrogens is 382 g/mol. The average molecular weight is 402 g/mol. The summed E-state index contributed by atoms with van der Waals surface area (Å²) in [6.45, 7) is 2.83. The molecule has 1 fully saturated rings. The molecule has 4 heterocycles. The van der Waals surface area contributed by atoms with Gasteiger partial charge in [0.05, 0.1) is 23.7 Å². The van der Waals surface area contributed by atoms with Crippen LogP contribution >= 0.6 is 23.4 Å². The van der Waals surface area contributed by atoms with Crippen molar-refractivity contribution in [3.05, 3.63) is 47.2 Å². The Kier molecular flexibility index (Phi) is 4.11. The van der Waals surface area contributed by atoms with Crippen LogP contribution in [0.15, 0.2) is 41.7 Å². The number of hydrogen-bond donors (Lipinski definition) is 1. The Morgan fingerprint density at radius 3 is 2.93 bits per heavy atom. The summed E-state index contributed by atoms with van der Waals surface area (Å²) in [5, 5.41) is 1.25. The molecule has 3 aliphatic heterocycles. The van der Waals surface area contributed by atoms with E-state index in [4.69, 9.17) is 31.8 Å². The molecule has 1 aromatic carbocycles. The largest absolute Gasteiger partial charge is 0.489 e. The normalized spacial score (nSPS) is 31.8. The first kappa shape index (κ1) is 17.3. The zero-order valence-corrected chi connectivity index (χ0v) is 16.5. The van der Waals surface area contributed by atoms with Crippen molar-refractivity contribution in [2.45, 2.75) is 31.1 Å². The molecule has 4 atom stereocenters. The van der Waals surface area contributed by atoms with Gasteiger partial charge in [-0.15, -0.1) is 0 Å². The van der Waals surface area contributed by atoms with Gasteiger partial charge in [0.25, 0.3) is 0 Å². The fourth-order valence-corrected chi connectivity index (χ4v) is 5.78. The summed E-state index contributed by atoms with van der Waals surface area (Å²) in [7, 11) is 0. The van der Waals surface area contributed by atoms with E-state index >= 15 is 0 Å². The molecular formula is C20H20ClN3O2S. The van der Waals surface area contributed by atoms with E-state index in [1.807, 2.05) is 18.3 Å². The minimum Gasteiger partial charge on any atom is -0.489 e. The third kappa shape index (κ3) is 2.73. The molecule has 0 bridgehead atoms. The van der Waals surface area contributed by atoms with Gasteiger partial charge in [-0.3, -0.25) is 4.98 Å². The highest BCUT2D eigenvalue weighted by atomic mass is 35.5. The molecule has 5 rings (SSSR count). The molecule has 0 aliphatic carbocycles. The number of aliphatic imine (C=N–C) groups is 1. The molecule has 1 spiro atoms. The Hall–Kier alpha value is -1.76. The monoisotopic (exact) mass is 401 g/mol. The molecule has 7 heteroatoms. The van der Waals surface area contributed by atoms with Crippen LogP contribution in [-0.2, 0) is 10.3 Å². The van der Waals surface area contributed by atoms with E-state index in [1.165, 1.54) is 0 Å². The molecule has 27 heavy (non-hydrogen) atoms. The molecule has 2 unspecified atom stereocenters. The van der Waals surface area contributed by atoms with E-state index in [2.05, 4.69) is 24.0 Å². The van der Waals surface area contributed by atoms with Crippen LogP contribution in [0.3, 0.4) is 0 Å². The van der Waals surface area contributed by atoms with Crippen LogP contribution < -0.4 is 10.5 Å². The maximum Gasteiger partial charge on any atom is 0.154 e. The van der Waals surface area contributed by atoms with Crippen LogP contribution in [-0.4, -0.2) is 34.7 Å². The standard InChI is InChI=1S/C20H20ClN3O2S/c1-11-18-17(4-5-25-11)26-16-3-2-12(13-6-14(21)9-23-8-13)7-15(16)20(18)10-27-19(22)24-20/h2-3,6-9,11,17-18H,4-5,10H2,1H3,(H2,22,24)/t11?,17-,18?,20+/m1/s1. The minimum atomic E-state index is -0.422. The van der Waals surface area contributed by atoms with Crippen molar-refractivity contribution in [2.75, 3.05) is 12.4 Å². The van der Waals surface area contributed by atoms with Crippen LogP contribution in [0.5, 0.6) is 5.75 Å². The molecule has 0 amide bonds. The number of thioether (sulfide) groups is 1. The van der Waals surface area contributed by atoms with Crippen molar-refractivity contribution in [1.29, 1.82) is 0 Å². The topological polar surface area (TPSA) is 69.7 Å². The highest BCUT2D eigenvalue weighted by Gasteiger charge is 2.56. The first-order valence-electron chi connectivity index (χ1n) is 9.09. The van der Waals surface area contributed by atoms with E-state index < -0.39 is 5.54 Å². The zero-order chi connectivity index (χ0) is 18.6. The highest BCUT2D eigenvalue weighted by Crippen LogP contribution is 2.54. The summed E-state index contributed by atoms with van der Waals surface area (Å²) in [6.07, 6.45) is 4.48. The van der Waals surface area contributed by atoms with Crippen molar-refractivity contribution in [2.24, 2.45) is 16.6 Å². The van der Waals surface area contributed by atoms with Gasteiger partial charge in [0.2, 0.25) is 0 Å². The number of pyridine rings is 1. The highest BCUT2D eigenvalue weighted by molar-refractivity contribution is 8.14. The molecule has 1 aromatic heterocycles. The Labute approximate surface area is 167 Å². The number of amidine groups is 1. The predicted molar refractivity (Wildman–Crippen MR) is 108 cm³/mol. The Bertz CT molecular complexity index is 937. The van der Waals surface area contributed by atoms with Crippen molar-refractivity contribution >= 4 is 28.5 Å². The molecule has 3 aliphatic rings. The fraction of sp³-hybridized carbons (Fsp3) is 0.400. The second-order valence-corrected chi connectivity index (χ2v) is 8.74. The van der Waals surface area contributed by atoms with Crippen LogP contribution in [0.25, 0.3) is 11.1 Å². The van der Waals surface area contributed by atoms with Gasteiger partial charge in [0.1, 0.15) is 17.4 Å². The number of nitrogens with two attached hydrogens (primary N) is 1. The number of rotatable bonds is 1. The van der Waals surface area contributed by atoms with E-state index in [9.17, 15) is 0 Å². The van der Waals surface area contributed by atoms with Gasteiger partial charge in [0, 0.05) is 35.7 Å². The number of nitrogens with zero attached hydrogens (tertiary/aromatic N) is 2. The summed E-state index contributed by atoms with van der Waals surface area (Å²) in [5.41, 5.74) is 8.80. The van der Waals surface area contributed by atoms with E-state index in [1.54, 1.807) is 18.0 Å². The molecule has 1 saturated heterocycles. The quantitative estimate of drug-likeness (QED) is 0.786. The first-order chi connectivity index (χ1) is 13.1. The number of hydrogen-bond acceptors (Lipinski definition) is 6. The number of fused-ring (bicyclic) bond motifs is 4. The van der Waals surface area contributed by atoms with Gasteiger partial charge in [0.15, 0.2) is 5.17 Å². The van der Waals surface area contributed by atoms with Crippen molar-refractivity contribution in [1.82, 2.24) is 4.98 Å². The lowest BCUT2D eigenvalue weighted by atomic mass is 9.70. The van der Waals surface area contributed by atoms with E-state index in [0.29, 0.717) is 16.8 Å². The van der Waals surface area contributed by atoms with Gasteiger partial charge in [-0.1, -0.05) is 29.4 Å². The Balaban J connectivity index is 1.69. The van der Waals surface area contributed by atoms with Gasteiger partial charge in [-0.2, -0.15) is 0 Å². The van der Waals surface area contributed by atoms with Crippen LogP contribution in [0.4, 0.5) is 0 Å². The van der Waals surface area contributed by atoms with Gasteiger partial charge in [-0.05, 0) is 30.7 Å². The zero-order valence-electron chi connectivity index (χ0n) is 14.9. The molecule has 5 nitrogen and oxygen atoms in total. The summed E-state index contributed by atoms with van der Waals surface area (Å²) >= 11 is 7.75. The van der Waals surface area contributed by atoms with Crippen molar-refractivity contribution in [3.63, 3.8) is 0 Å². The van der Waals surface area contributed by atoms with Crippen molar-refractivity contribution < 1.29 is 9.47 Å². The summed E-state index contributed by atoms with van der Waals surface area (Å²) in [4.78, 5) is 9.18. The maximum atomic E-state index is 6.40. The molecule has 0 radical (unpaired) electrons. The van der Waals surface area contributed by atoms with E-state index in [-0.39, 0.29) is 18.1 Å².